The summed E-state index contributed by atoms with van der Waals surface area (Å²) in [5.41, 5.74) is 0.668. The van der Waals surface area contributed by atoms with Crippen molar-refractivity contribution in [3.05, 3.63) is 24.9 Å². The standard InChI is InChI=1S/C6H7N2O/c1-5-3-4-7-6(8-5)9-2/h3-4H,1H2,2H3. The molecule has 0 bridgehead atoms. The molecule has 1 heterocycles. The maximum atomic E-state index is 4.73. The van der Waals surface area contributed by atoms with E-state index in [1.165, 1.54) is 7.11 Å². The third kappa shape index (κ3) is 1.38. The Hall–Kier alpha value is -1.12. The third-order valence-corrected chi connectivity index (χ3v) is 0.874. The van der Waals surface area contributed by atoms with Crippen molar-refractivity contribution in [2.75, 3.05) is 7.11 Å². The molecule has 0 amide bonds. The van der Waals surface area contributed by atoms with E-state index in [0.29, 0.717) is 11.7 Å². The molecule has 47 valence electrons. The normalized spacial score (nSPS) is 9.11. The number of rotatable bonds is 1. The van der Waals surface area contributed by atoms with Crippen LogP contribution >= 0.6 is 0 Å². The van der Waals surface area contributed by atoms with Gasteiger partial charge in [0.15, 0.2) is 0 Å². The van der Waals surface area contributed by atoms with Gasteiger partial charge < -0.3 is 4.74 Å². The van der Waals surface area contributed by atoms with Gasteiger partial charge in [-0.15, -0.1) is 0 Å². The van der Waals surface area contributed by atoms with Crippen LogP contribution in [0, 0.1) is 6.92 Å². The van der Waals surface area contributed by atoms with Gasteiger partial charge in [0.2, 0.25) is 0 Å². The highest BCUT2D eigenvalue weighted by molar-refractivity contribution is 5.07. The van der Waals surface area contributed by atoms with Crippen molar-refractivity contribution in [1.82, 2.24) is 9.97 Å². The van der Waals surface area contributed by atoms with Crippen molar-refractivity contribution in [3.63, 3.8) is 0 Å². The minimum atomic E-state index is 0.363. The van der Waals surface area contributed by atoms with Gasteiger partial charge in [-0.2, -0.15) is 0 Å². The first kappa shape index (κ1) is 6.01. The quantitative estimate of drug-likeness (QED) is 0.550. The zero-order chi connectivity index (χ0) is 6.69. The maximum absolute atomic E-state index is 4.73. The summed E-state index contributed by atoms with van der Waals surface area (Å²) in [7, 11) is 1.52. The maximum Gasteiger partial charge on any atom is 0.316 e. The second-order valence-electron chi connectivity index (χ2n) is 1.53. The average molecular weight is 123 g/mol. The van der Waals surface area contributed by atoms with E-state index in [-0.39, 0.29) is 0 Å². The van der Waals surface area contributed by atoms with Crippen LogP contribution in [0.4, 0.5) is 0 Å². The summed E-state index contributed by atoms with van der Waals surface area (Å²) in [5, 5.41) is 0. The summed E-state index contributed by atoms with van der Waals surface area (Å²) in [6.07, 6.45) is 1.61. The number of methoxy groups -OCH3 is 1. The minimum absolute atomic E-state index is 0.363. The number of nitrogens with zero attached hydrogens (tertiary/aromatic N) is 2. The molecule has 0 spiro atoms. The van der Waals surface area contributed by atoms with Gasteiger partial charge in [-0.3, -0.25) is 0 Å². The summed E-state index contributed by atoms with van der Waals surface area (Å²) >= 11 is 0. The summed E-state index contributed by atoms with van der Waals surface area (Å²) in [6, 6.07) is 2.07. The van der Waals surface area contributed by atoms with Crippen LogP contribution in [0.25, 0.3) is 0 Å². The highest BCUT2D eigenvalue weighted by Gasteiger charge is 1.90. The Labute approximate surface area is 53.7 Å². The van der Waals surface area contributed by atoms with Crippen LogP contribution in [-0.2, 0) is 0 Å². The molecule has 0 aliphatic rings. The van der Waals surface area contributed by atoms with Gasteiger partial charge in [0, 0.05) is 11.9 Å². The molecule has 0 aromatic carbocycles. The Balaban J connectivity index is 2.94. The molecule has 1 radical (unpaired) electrons. The lowest BCUT2D eigenvalue weighted by Crippen LogP contribution is -1.91. The second kappa shape index (κ2) is 2.44. The fourth-order valence-electron chi connectivity index (χ4n) is 0.474. The molecule has 0 atom stereocenters. The molecule has 0 aliphatic carbocycles. The first-order valence-electron chi connectivity index (χ1n) is 2.52. The summed E-state index contributed by atoms with van der Waals surface area (Å²) in [4.78, 5) is 7.63. The first-order valence-corrected chi connectivity index (χ1v) is 2.52. The zero-order valence-electron chi connectivity index (χ0n) is 5.16. The summed E-state index contributed by atoms with van der Waals surface area (Å²) < 4.78 is 4.73. The van der Waals surface area contributed by atoms with Gasteiger partial charge in [0.25, 0.3) is 0 Å². The van der Waals surface area contributed by atoms with E-state index in [4.69, 9.17) is 4.74 Å². The fourth-order valence-corrected chi connectivity index (χ4v) is 0.474. The Kier molecular flexibility index (Phi) is 1.63. The smallest absolute Gasteiger partial charge is 0.316 e. The van der Waals surface area contributed by atoms with Crippen LogP contribution in [0.5, 0.6) is 6.01 Å². The Morgan fingerprint density at radius 3 is 2.89 bits per heavy atom. The van der Waals surface area contributed by atoms with Gasteiger partial charge in [-0.25, -0.2) is 9.97 Å². The second-order valence-corrected chi connectivity index (χ2v) is 1.53. The molecular formula is C6H7N2O. The minimum Gasteiger partial charge on any atom is -0.467 e. The molecule has 0 fully saturated rings. The summed E-state index contributed by atoms with van der Waals surface area (Å²) in [6.45, 7) is 3.60. The Morgan fingerprint density at radius 1 is 1.67 bits per heavy atom. The van der Waals surface area contributed by atoms with Gasteiger partial charge in [0.1, 0.15) is 0 Å². The van der Waals surface area contributed by atoms with Crippen molar-refractivity contribution in [1.29, 1.82) is 0 Å². The number of aromatic nitrogens is 2. The van der Waals surface area contributed by atoms with Crippen molar-refractivity contribution in [2.45, 2.75) is 0 Å². The molecule has 0 aliphatic heterocycles. The largest absolute Gasteiger partial charge is 0.467 e. The topological polar surface area (TPSA) is 35.0 Å². The lowest BCUT2D eigenvalue weighted by Gasteiger charge is -1.94. The first-order chi connectivity index (χ1) is 4.33. The molecule has 3 heteroatoms. The molecule has 0 saturated carbocycles. The number of hydrogen-bond donors (Lipinski definition) is 0. The van der Waals surface area contributed by atoms with Gasteiger partial charge in [-0.05, 0) is 13.0 Å². The van der Waals surface area contributed by atoms with Crippen LogP contribution in [0.1, 0.15) is 5.69 Å². The van der Waals surface area contributed by atoms with E-state index in [1.54, 1.807) is 12.3 Å². The fraction of sp³-hybridized carbons (Fsp3) is 0.167. The molecule has 3 nitrogen and oxygen atoms in total. The molecule has 1 rings (SSSR count). The van der Waals surface area contributed by atoms with Crippen molar-refractivity contribution >= 4 is 0 Å². The molecule has 9 heavy (non-hydrogen) atoms. The Bertz CT molecular complexity index is 200. The van der Waals surface area contributed by atoms with Gasteiger partial charge in [-0.1, -0.05) is 0 Å². The van der Waals surface area contributed by atoms with Gasteiger partial charge in [0.05, 0.1) is 7.11 Å². The van der Waals surface area contributed by atoms with Crippen molar-refractivity contribution in [3.8, 4) is 6.01 Å². The number of ether oxygens (including phenoxy) is 1. The van der Waals surface area contributed by atoms with E-state index >= 15 is 0 Å². The molecule has 0 saturated heterocycles. The lowest BCUT2D eigenvalue weighted by molar-refractivity contribution is 0.379. The van der Waals surface area contributed by atoms with Crippen molar-refractivity contribution in [2.24, 2.45) is 0 Å². The summed E-state index contributed by atoms with van der Waals surface area (Å²) in [5.74, 6) is 0. The average Bonchev–Trinajstić information content (AvgIpc) is 1.88. The predicted octanol–water partition coefficient (Wildman–Crippen LogP) is 0.667. The SMILES string of the molecule is [CH2]c1ccnc(OC)n1. The molecule has 1 aromatic heterocycles. The highest BCUT2D eigenvalue weighted by atomic mass is 16.5. The lowest BCUT2D eigenvalue weighted by atomic mass is 10.5. The van der Waals surface area contributed by atoms with E-state index in [1.807, 2.05) is 0 Å². The predicted molar refractivity (Wildman–Crippen MR) is 33.0 cm³/mol. The number of hydrogen-bond acceptors (Lipinski definition) is 3. The molecule has 0 unspecified atom stereocenters. The highest BCUT2D eigenvalue weighted by Crippen LogP contribution is 1.98. The van der Waals surface area contributed by atoms with E-state index in [9.17, 15) is 0 Å². The van der Waals surface area contributed by atoms with Crippen LogP contribution < -0.4 is 4.74 Å². The molecule has 1 aromatic rings. The molecular weight excluding hydrogens is 116 g/mol. The van der Waals surface area contributed by atoms with Crippen molar-refractivity contribution < 1.29 is 4.74 Å². The van der Waals surface area contributed by atoms with E-state index in [2.05, 4.69) is 16.9 Å². The van der Waals surface area contributed by atoms with Gasteiger partial charge >= 0.3 is 6.01 Å². The van der Waals surface area contributed by atoms with E-state index < -0.39 is 0 Å². The zero-order valence-corrected chi connectivity index (χ0v) is 5.16. The van der Waals surface area contributed by atoms with Crippen LogP contribution in [-0.4, -0.2) is 17.1 Å². The van der Waals surface area contributed by atoms with Crippen LogP contribution in [0.15, 0.2) is 12.3 Å². The van der Waals surface area contributed by atoms with Crippen LogP contribution in [0.2, 0.25) is 0 Å². The monoisotopic (exact) mass is 123 g/mol. The van der Waals surface area contributed by atoms with Crippen LogP contribution in [0.3, 0.4) is 0 Å². The Morgan fingerprint density at radius 2 is 2.44 bits per heavy atom. The van der Waals surface area contributed by atoms with E-state index in [0.717, 1.165) is 0 Å². The molecule has 0 N–H and O–H groups in total. The third-order valence-electron chi connectivity index (χ3n) is 0.874.